The van der Waals surface area contributed by atoms with Crippen molar-refractivity contribution >= 4 is 46.2 Å². The van der Waals surface area contributed by atoms with E-state index in [2.05, 4.69) is 5.32 Å². The summed E-state index contributed by atoms with van der Waals surface area (Å²) in [5.41, 5.74) is 2.87. The molecule has 2 aromatic rings. The number of nitrogens with two attached hydrogens (primary N) is 1. The van der Waals surface area contributed by atoms with Crippen molar-refractivity contribution in [3.63, 3.8) is 0 Å². The number of primary amides is 1. The van der Waals surface area contributed by atoms with E-state index >= 15 is 0 Å². The second-order valence-electron chi connectivity index (χ2n) is 9.15. The van der Waals surface area contributed by atoms with Crippen molar-refractivity contribution in [3.8, 4) is 5.75 Å². The molecule has 35 heavy (non-hydrogen) atoms. The number of nitrogens with one attached hydrogen (secondary N) is 1. The van der Waals surface area contributed by atoms with Gasteiger partial charge in [0.2, 0.25) is 11.7 Å². The van der Waals surface area contributed by atoms with E-state index in [9.17, 15) is 39.6 Å². The van der Waals surface area contributed by atoms with Crippen molar-refractivity contribution in [1.29, 1.82) is 0 Å². The van der Waals surface area contributed by atoms with Crippen LogP contribution in [0.5, 0.6) is 5.75 Å². The van der Waals surface area contributed by atoms with Gasteiger partial charge in [-0.3, -0.25) is 19.2 Å². The molecule has 0 aliphatic heterocycles. The summed E-state index contributed by atoms with van der Waals surface area (Å²) in [6.07, 6.45) is -1.81. The van der Waals surface area contributed by atoms with E-state index in [1.807, 2.05) is 0 Å². The molecule has 3 aliphatic carbocycles. The number of phenolic OH excluding ortho intramolecular Hbond substituents is 1. The molecule has 182 valence electrons. The van der Waals surface area contributed by atoms with Crippen molar-refractivity contribution in [3.05, 3.63) is 51.2 Å². The molecule has 3 aliphatic rings. The van der Waals surface area contributed by atoms with Gasteiger partial charge in [0.15, 0.2) is 11.4 Å². The van der Waals surface area contributed by atoms with Gasteiger partial charge in [-0.1, -0.05) is 12.1 Å². The third-order valence-electron chi connectivity index (χ3n) is 7.25. The summed E-state index contributed by atoms with van der Waals surface area (Å²) in [6, 6.07) is 6.26. The van der Waals surface area contributed by atoms with Gasteiger partial charge in [-0.05, 0) is 35.9 Å². The molecule has 1 aromatic heterocycles. The Morgan fingerprint density at radius 1 is 1.14 bits per heavy atom. The summed E-state index contributed by atoms with van der Waals surface area (Å²) in [4.78, 5) is 51.6. The van der Waals surface area contributed by atoms with E-state index in [1.165, 1.54) is 23.5 Å². The first-order chi connectivity index (χ1) is 16.6. The van der Waals surface area contributed by atoms with Crippen LogP contribution in [0.3, 0.4) is 0 Å². The number of carbonyl (C=O) groups is 4. The standard InChI is InChI=1S/C24H22N2O8S/c25-22(32)17-11-6-9-3-4-13(26-23(33)14-2-1-5-35-14)19(29)16(9)20(30)18(11)21(31)24(34)12(17)7-10(27)8-15(24)28/h1-5,10-12,17,27,29-30,34H,6-8H2,(H2,25,32)(H,26,33). The predicted molar refractivity (Wildman–Crippen MR) is 124 cm³/mol. The molecule has 0 saturated heterocycles. The van der Waals surface area contributed by atoms with E-state index in [-0.39, 0.29) is 29.7 Å². The monoisotopic (exact) mass is 498 g/mol. The maximum Gasteiger partial charge on any atom is 0.265 e. The maximum atomic E-state index is 13.5. The number of thiophene rings is 1. The summed E-state index contributed by atoms with van der Waals surface area (Å²) in [6.45, 7) is 0. The molecule has 2 fully saturated rings. The molecule has 5 atom stereocenters. The van der Waals surface area contributed by atoms with E-state index in [1.54, 1.807) is 17.5 Å². The third kappa shape index (κ3) is 3.30. The van der Waals surface area contributed by atoms with Gasteiger partial charge >= 0.3 is 0 Å². The number of aliphatic hydroxyl groups excluding tert-OH is 2. The summed E-state index contributed by atoms with van der Waals surface area (Å²) < 4.78 is 0. The molecular formula is C24H22N2O8S. The molecule has 1 heterocycles. The Labute approximate surface area is 202 Å². The van der Waals surface area contributed by atoms with E-state index in [0.29, 0.717) is 10.4 Å². The molecule has 7 N–H and O–H groups in total. The Kier molecular flexibility index (Phi) is 5.31. The van der Waals surface area contributed by atoms with Gasteiger partial charge in [0.05, 0.1) is 28.1 Å². The van der Waals surface area contributed by atoms with Crippen molar-refractivity contribution in [2.24, 2.45) is 23.5 Å². The molecule has 2 amide bonds. The summed E-state index contributed by atoms with van der Waals surface area (Å²) in [5.74, 6) is -8.02. The van der Waals surface area contributed by atoms with E-state index < -0.39 is 70.8 Å². The highest BCUT2D eigenvalue weighted by atomic mass is 32.1. The third-order valence-corrected chi connectivity index (χ3v) is 8.12. The minimum absolute atomic E-state index is 0.00233. The molecule has 1 aromatic carbocycles. The summed E-state index contributed by atoms with van der Waals surface area (Å²) in [7, 11) is 0. The molecule has 2 saturated carbocycles. The molecule has 0 spiro atoms. The minimum atomic E-state index is -2.63. The van der Waals surface area contributed by atoms with E-state index in [4.69, 9.17) is 5.73 Å². The second-order valence-corrected chi connectivity index (χ2v) is 10.1. The second kappa shape index (κ2) is 8.01. The number of hydrogen-bond acceptors (Lipinski definition) is 9. The van der Waals surface area contributed by atoms with Gasteiger partial charge in [0.25, 0.3) is 5.91 Å². The lowest BCUT2D eigenvalue weighted by Gasteiger charge is -2.50. The number of ketones is 2. The van der Waals surface area contributed by atoms with Crippen molar-refractivity contribution in [2.75, 3.05) is 5.32 Å². The Balaban J connectivity index is 1.63. The van der Waals surface area contributed by atoms with Crippen LogP contribution in [-0.2, 0) is 20.8 Å². The zero-order chi connectivity index (χ0) is 25.2. The van der Waals surface area contributed by atoms with Gasteiger partial charge in [-0.15, -0.1) is 11.3 Å². The first kappa shape index (κ1) is 23.2. The topological polar surface area (TPSA) is 187 Å². The number of amides is 2. The van der Waals surface area contributed by atoms with Crippen LogP contribution in [0.4, 0.5) is 5.69 Å². The Morgan fingerprint density at radius 3 is 2.54 bits per heavy atom. The SMILES string of the molecule is NC(=O)C1C2Cc3ccc(NC(=O)c4cccs4)c(O)c3C(O)=C2C(=O)C2(O)C(=O)CC(O)CC12. The molecule has 5 unspecified atom stereocenters. The van der Waals surface area contributed by atoms with Crippen LogP contribution in [-0.4, -0.2) is 55.5 Å². The van der Waals surface area contributed by atoms with Crippen LogP contribution in [0.1, 0.15) is 33.6 Å². The lowest BCUT2D eigenvalue weighted by molar-refractivity contribution is -0.173. The van der Waals surface area contributed by atoms with Gasteiger partial charge < -0.3 is 31.5 Å². The van der Waals surface area contributed by atoms with Crippen LogP contribution in [0, 0.1) is 17.8 Å². The number of benzene rings is 1. The Morgan fingerprint density at radius 2 is 1.89 bits per heavy atom. The average molecular weight is 499 g/mol. The fourth-order valence-electron chi connectivity index (χ4n) is 5.70. The number of phenols is 1. The maximum absolute atomic E-state index is 13.5. The largest absolute Gasteiger partial charge is 0.507 e. The van der Waals surface area contributed by atoms with Crippen LogP contribution >= 0.6 is 11.3 Å². The Hall–Kier alpha value is -3.54. The highest BCUT2D eigenvalue weighted by molar-refractivity contribution is 7.12. The lowest BCUT2D eigenvalue weighted by Crippen LogP contribution is -2.66. The number of aromatic hydroxyl groups is 1. The number of aliphatic hydroxyl groups is 3. The molecule has 11 heteroatoms. The van der Waals surface area contributed by atoms with Crippen LogP contribution in [0.15, 0.2) is 35.2 Å². The first-order valence-electron chi connectivity index (χ1n) is 11.0. The number of Topliss-reactive ketones (excluding diaryl/α,β-unsaturated/α-hetero) is 2. The highest BCUT2D eigenvalue weighted by Crippen LogP contribution is 2.53. The van der Waals surface area contributed by atoms with Crippen LogP contribution < -0.4 is 11.1 Å². The smallest absolute Gasteiger partial charge is 0.265 e. The molecule has 5 rings (SSSR count). The number of hydrogen-bond donors (Lipinski definition) is 6. The Bertz CT molecular complexity index is 1320. The van der Waals surface area contributed by atoms with Gasteiger partial charge in [0, 0.05) is 23.8 Å². The molecule has 0 radical (unpaired) electrons. The first-order valence-corrected chi connectivity index (χ1v) is 11.8. The highest BCUT2D eigenvalue weighted by Gasteiger charge is 2.65. The average Bonchev–Trinajstić information content (AvgIpc) is 3.33. The van der Waals surface area contributed by atoms with Crippen LogP contribution in [0.2, 0.25) is 0 Å². The fraction of sp³-hybridized carbons (Fsp3) is 0.333. The summed E-state index contributed by atoms with van der Waals surface area (Å²) >= 11 is 1.20. The van der Waals surface area contributed by atoms with Crippen molar-refractivity contribution in [2.45, 2.75) is 31.0 Å². The minimum Gasteiger partial charge on any atom is -0.507 e. The van der Waals surface area contributed by atoms with Gasteiger partial charge in [-0.2, -0.15) is 0 Å². The van der Waals surface area contributed by atoms with Gasteiger partial charge in [0.1, 0.15) is 11.5 Å². The van der Waals surface area contributed by atoms with Gasteiger partial charge in [-0.25, -0.2) is 0 Å². The fourth-order valence-corrected chi connectivity index (χ4v) is 6.32. The quantitative estimate of drug-likeness (QED) is 0.266. The zero-order valence-corrected chi connectivity index (χ0v) is 19.0. The van der Waals surface area contributed by atoms with Crippen LogP contribution in [0.25, 0.3) is 5.76 Å². The molecule has 0 bridgehead atoms. The molecular weight excluding hydrogens is 476 g/mol. The number of carbonyl (C=O) groups excluding carboxylic acids is 4. The normalized spacial score (nSPS) is 29.8. The number of rotatable bonds is 3. The number of anilines is 1. The van der Waals surface area contributed by atoms with Crippen molar-refractivity contribution in [1.82, 2.24) is 0 Å². The van der Waals surface area contributed by atoms with Crippen molar-refractivity contribution < 1.29 is 39.6 Å². The zero-order valence-electron chi connectivity index (χ0n) is 18.2. The number of fused-ring (bicyclic) bond motifs is 3. The lowest BCUT2D eigenvalue weighted by atomic mass is 9.53. The predicted octanol–water partition coefficient (Wildman–Crippen LogP) is 0.903. The molecule has 10 nitrogen and oxygen atoms in total. The van der Waals surface area contributed by atoms with E-state index in [0.717, 1.165) is 0 Å². The summed E-state index contributed by atoms with van der Waals surface area (Å²) in [5, 5.41) is 47.7.